The lowest BCUT2D eigenvalue weighted by molar-refractivity contribution is -0.134. The second-order valence-corrected chi connectivity index (χ2v) is 13.0. The predicted octanol–water partition coefficient (Wildman–Crippen LogP) is 4.57. The first kappa shape index (κ1) is 29.9. The summed E-state index contributed by atoms with van der Waals surface area (Å²) in [5.41, 5.74) is 2.88. The lowest BCUT2D eigenvalue weighted by atomic mass is 9.88. The summed E-state index contributed by atoms with van der Waals surface area (Å²) >= 11 is 0. The van der Waals surface area contributed by atoms with Gasteiger partial charge in [-0.1, -0.05) is 24.3 Å². The third-order valence-corrected chi connectivity index (χ3v) is 8.33. The SMILES string of the molecule is CN1C[C@H](NC(=O)OC(C)(C)C)C[C@H](c2ccc(N3CCC(Oc4cccc(C5CCC(=O)NC5=O)c4)CC3)cc2)C1. The fourth-order valence-electron chi connectivity index (χ4n) is 6.34. The molecule has 0 saturated carbocycles. The largest absolute Gasteiger partial charge is 0.490 e. The molecule has 9 heteroatoms. The van der Waals surface area contributed by atoms with Crippen LogP contribution in [-0.2, 0) is 14.3 Å². The van der Waals surface area contributed by atoms with Crippen LogP contribution >= 0.6 is 0 Å². The predicted molar refractivity (Wildman–Crippen MR) is 162 cm³/mol. The summed E-state index contributed by atoms with van der Waals surface area (Å²) < 4.78 is 11.8. The Morgan fingerprint density at radius 2 is 1.71 bits per heavy atom. The number of benzene rings is 2. The van der Waals surface area contributed by atoms with E-state index in [1.54, 1.807) is 0 Å². The molecule has 9 nitrogen and oxygen atoms in total. The summed E-state index contributed by atoms with van der Waals surface area (Å²) in [7, 11) is 2.10. The van der Waals surface area contributed by atoms with E-state index >= 15 is 0 Å². The summed E-state index contributed by atoms with van der Waals surface area (Å²) in [4.78, 5) is 40.8. The Bertz CT molecular complexity index is 1270. The Labute approximate surface area is 248 Å². The smallest absolute Gasteiger partial charge is 0.407 e. The highest BCUT2D eigenvalue weighted by Gasteiger charge is 2.30. The molecule has 0 aromatic heterocycles. The first-order valence-electron chi connectivity index (χ1n) is 15.2. The minimum Gasteiger partial charge on any atom is -0.490 e. The first-order valence-corrected chi connectivity index (χ1v) is 15.2. The number of ether oxygens (including phenoxy) is 2. The van der Waals surface area contributed by atoms with Gasteiger partial charge in [0.15, 0.2) is 0 Å². The summed E-state index contributed by atoms with van der Waals surface area (Å²) in [6.45, 7) is 9.22. The van der Waals surface area contributed by atoms with Crippen LogP contribution < -0.4 is 20.3 Å². The van der Waals surface area contributed by atoms with E-state index in [4.69, 9.17) is 9.47 Å². The van der Waals surface area contributed by atoms with Gasteiger partial charge in [0.2, 0.25) is 11.8 Å². The Hall–Kier alpha value is -3.59. The maximum Gasteiger partial charge on any atom is 0.407 e. The number of nitrogens with one attached hydrogen (secondary N) is 2. The fraction of sp³-hybridized carbons (Fsp3) is 0.545. The molecule has 2 aromatic rings. The quantitative estimate of drug-likeness (QED) is 0.486. The van der Waals surface area contributed by atoms with Gasteiger partial charge >= 0.3 is 6.09 Å². The van der Waals surface area contributed by atoms with Crippen molar-refractivity contribution in [2.24, 2.45) is 0 Å². The van der Waals surface area contributed by atoms with Crippen molar-refractivity contribution in [3.05, 3.63) is 59.7 Å². The first-order chi connectivity index (χ1) is 20.0. The van der Waals surface area contributed by atoms with E-state index in [9.17, 15) is 14.4 Å². The molecule has 3 fully saturated rings. The standard InChI is InChI=1S/C33H44N4O5/c1-33(2,3)42-32(40)34-25-18-24(20-36(4)21-25)22-8-10-26(11-9-22)37-16-14-27(15-17-37)41-28-7-5-6-23(19-28)29-12-13-30(38)35-31(29)39/h5-11,19,24-25,27,29H,12-18,20-21H2,1-4H3,(H,34,40)(H,35,38,39)/t24-,25+,29?/m0/s1. The van der Waals surface area contributed by atoms with Crippen LogP contribution in [0.1, 0.15) is 75.8 Å². The highest BCUT2D eigenvalue weighted by molar-refractivity contribution is 6.00. The molecule has 1 unspecified atom stereocenters. The Morgan fingerprint density at radius 3 is 2.40 bits per heavy atom. The molecule has 42 heavy (non-hydrogen) atoms. The molecule has 0 spiro atoms. The molecule has 3 aliphatic heterocycles. The second-order valence-electron chi connectivity index (χ2n) is 13.0. The summed E-state index contributed by atoms with van der Waals surface area (Å²) in [6.07, 6.45) is 3.37. The number of rotatable bonds is 6. The van der Waals surface area contributed by atoms with Crippen LogP contribution in [0.4, 0.5) is 10.5 Å². The molecule has 0 bridgehead atoms. The molecule has 2 aromatic carbocycles. The number of imide groups is 1. The van der Waals surface area contributed by atoms with Gasteiger partial charge in [-0.2, -0.15) is 0 Å². The molecule has 3 aliphatic rings. The Kier molecular flexibility index (Phi) is 9.06. The third-order valence-electron chi connectivity index (χ3n) is 8.33. The van der Waals surface area contributed by atoms with Crippen molar-refractivity contribution in [2.75, 3.05) is 38.1 Å². The number of nitrogens with zero attached hydrogens (tertiary/aromatic N) is 2. The van der Waals surface area contributed by atoms with E-state index in [0.717, 1.165) is 56.8 Å². The number of hydrogen-bond acceptors (Lipinski definition) is 7. The molecule has 3 heterocycles. The number of carbonyl (C=O) groups excluding carboxylic acids is 3. The van der Waals surface area contributed by atoms with Crippen molar-refractivity contribution in [1.29, 1.82) is 0 Å². The molecular formula is C33H44N4O5. The number of likely N-dealkylation sites (N-methyl/N-ethyl adjacent to an activating group) is 1. The normalized spacial score (nSPS) is 24.2. The van der Waals surface area contributed by atoms with Gasteiger partial charge in [-0.15, -0.1) is 0 Å². The lowest BCUT2D eigenvalue weighted by Gasteiger charge is -2.37. The van der Waals surface area contributed by atoms with E-state index < -0.39 is 5.60 Å². The maximum atomic E-state index is 12.3. The van der Waals surface area contributed by atoms with Crippen LogP contribution in [0.25, 0.3) is 0 Å². The molecule has 2 N–H and O–H groups in total. The van der Waals surface area contributed by atoms with Crippen molar-refractivity contribution in [1.82, 2.24) is 15.5 Å². The second kappa shape index (κ2) is 12.7. The van der Waals surface area contributed by atoms with Crippen LogP contribution in [0.15, 0.2) is 48.5 Å². The number of anilines is 1. The minimum absolute atomic E-state index is 0.0482. The zero-order valence-corrected chi connectivity index (χ0v) is 25.2. The maximum absolute atomic E-state index is 12.3. The molecule has 3 amide bonds. The molecule has 0 radical (unpaired) electrons. The molecule has 226 valence electrons. The minimum atomic E-state index is -0.511. The van der Waals surface area contributed by atoms with Crippen LogP contribution in [0, 0.1) is 0 Å². The van der Waals surface area contributed by atoms with E-state index in [1.807, 2.05) is 45.0 Å². The molecular weight excluding hydrogens is 532 g/mol. The van der Waals surface area contributed by atoms with Gasteiger partial charge in [-0.3, -0.25) is 14.9 Å². The van der Waals surface area contributed by atoms with Gasteiger partial charge in [0, 0.05) is 57.2 Å². The zero-order chi connectivity index (χ0) is 29.9. The van der Waals surface area contributed by atoms with E-state index in [1.165, 1.54) is 11.3 Å². The van der Waals surface area contributed by atoms with Gasteiger partial charge in [-0.05, 0) is 82.0 Å². The topological polar surface area (TPSA) is 100 Å². The van der Waals surface area contributed by atoms with Crippen molar-refractivity contribution < 1.29 is 23.9 Å². The number of piperidine rings is 3. The average molecular weight is 577 g/mol. The van der Waals surface area contributed by atoms with Gasteiger partial charge in [-0.25, -0.2) is 4.79 Å². The van der Waals surface area contributed by atoms with Crippen LogP contribution in [0.2, 0.25) is 0 Å². The van der Waals surface area contributed by atoms with Gasteiger partial charge in [0.05, 0.1) is 5.92 Å². The molecule has 0 aliphatic carbocycles. The van der Waals surface area contributed by atoms with E-state index in [-0.39, 0.29) is 36.0 Å². The lowest BCUT2D eigenvalue weighted by Crippen LogP contribution is -2.49. The van der Waals surface area contributed by atoms with Crippen LogP contribution in [-0.4, -0.2) is 73.8 Å². The number of hydrogen-bond donors (Lipinski definition) is 2. The summed E-state index contributed by atoms with van der Waals surface area (Å²) in [5.74, 6) is 0.380. The Balaban J connectivity index is 1.12. The third kappa shape index (κ3) is 7.82. The number of amides is 3. The number of carbonyl (C=O) groups is 3. The van der Waals surface area contributed by atoms with Crippen LogP contribution in [0.5, 0.6) is 5.75 Å². The zero-order valence-electron chi connectivity index (χ0n) is 25.2. The van der Waals surface area contributed by atoms with Crippen molar-refractivity contribution >= 4 is 23.6 Å². The summed E-state index contributed by atoms with van der Waals surface area (Å²) in [6, 6.07) is 16.7. The monoisotopic (exact) mass is 576 g/mol. The fourth-order valence-corrected chi connectivity index (χ4v) is 6.34. The summed E-state index contributed by atoms with van der Waals surface area (Å²) in [5, 5.41) is 5.50. The van der Waals surface area contributed by atoms with Gasteiger partial charge < -0.3 is 24.6 Å². The molecule has 5 rings (SSSR count). The molecule has 3 saturated heterocycles. The highest BCUT2D eigenvalue weighted by Crippen LogP contribution is 2.31. The van der Waals surface area contributed by atoms with Crippen LogP contribution in [0.3, 0.4) is 0 Å². The van der Waals surface area contributed by atoms with Crippen molar-refractivity contribution in [2.45, 2.75) is 82.5 Å². The van der Waals surface area contributed by atoms with E-state index in [0.29, 0.717) is 18.8 Å². The molecule has 3 atom stereocenters. The van der Waals surface area contributed by atoms with Gasteiger partial charge in [0.1, 0.15) is 17.5 Å². The van der Waals surface area contributed by atoms with E-state index in [2.05, 4.69) is 51.7 Å². The highest BCUT2D eigenvalue weighted by atomic mass is 16.6. The van der Waals surface area contributed by atoms with Gasteiger partial charge in [0.25, 0.3) is 0 Å². The number of alkyl carbamates (subject to hydrolysis) is 1. The number of likely N-dealkylation sites (tertiary alicyclic amines) is 1. The Morgan fingerprint density at radius 1 is 0.976 bits per heavy atom. The van der Waals surface area contributed by atoms with Crippen molar-refractivity contribution in [3.63, 3.8) is 0 Å². The van der Waals surface area contributed by atoms with Crippen molar-refractivity contribution in [3.8, 4) is 5.75 Å². The average Bonchev–Trinajstić information content (AvgIpc) is 2.92.